The standard InChI is InChI=1S/C30H32O5/c1-23(31)35-28-18-17-27(22-32-19-24-11-5-2-6-12-24)29(33-20-25-13-7-3-8-14-25)30(28)34-21-26-15-9-4-10-16-26/h2-18,27-30H,19-22H2,1H3/t27-,28-,29-,30-/m1/s1. The Hall–Kier alpha value is -3.25. The monoisotopic (exact) mass is 472 g/mol. The normalized spacial score (nSPS) is 21.5. The molecule has 1 aliphatic rings. The molecule has 4 rings (SSSR count). The topological polar surface area (TPSA) is 54.0 Å². The van der Waals surface area contributed by atoms with E-state index in [1.165, 1.54) is 6.92 Å². The molecule has 0 saturated heterocycles. The molecule has 1 aliphatic carbocycles. The average Bonchev–Trinajstić information content (AvgIpc) is 2.89. The fraction of sp³-hybridized carbons (Fsp3) is 0.300. The van der Waals surface area contributed by atoms with Gasteiger partial charge in [0, 0.05) is 12.8 Å². The molecule has 0 heterocycles. The summed E-state index contributed by atoms with van der Waals surface area (Å²) >= 11 is 0. The molecule has 0 bridgehead atoms. The summed E-state index contributed by atoms with van der Waals surface area (Å²) in [7, 11) is 0. The maximum Gasteiger partial charge on any atom is 0.303 e. The summed E-state index contributed by atoms with van der Waals surface area (Å²) in [5, 5.41) is 0. The van der Waals surface area contributed by atoms with Crippen molar-refractivity contribution in [3.8, 4) is 0 Å². The van der Waals surface area contributed by atoms with Crippen LogP contribution in [-0.4, -0.2) is 30.9 Å². The Labute approximate surface area is 207 Å². The highest BCUT2D eigenvalue weighted by molar-refractivity contribution is 5.66. The van der Waals surface area contributed by atoms with Crippen molar-refractivity contribution in [3.63, 3.8) is 0 Å². The minimum absolute atomic E-state index is 0.0602. The van der Waals surface area contributed by atoms with E-state index in [0.29, 0.717) is 26.4 Å². The number of ether oxygens (including phenoxy) is 4. The molecule has 0 aliphatic heterocycles. The first-order valence-corrected chi connectivity index (χ1v) is 12.0. The molecular formula is C30H32O5. The second kappa shape index (κ2) is 13.0. The van der Waals surface area contributed by atoms with Crippen LogP contribution >= 0.6 is 0 Å². The molecule has 0 N–H and O–H groups in total. The van der Waals surface area contributed by atoms with Gasteiger partial charge in [0.2, 0.25) is 0 Å². The highest BCUT2D eigenvalue weighted by Crippen LogP contribution is 2.29. The van der Waals surface area contributed by atoms with Gasteiger partial charge < -0.3 is 18.9 Å². The van der Waals surface area contributed by atoms with Crippen LogP contribution in [0.1, 0.15) is 23.6 Å². The number of esters is 1. The van der Waals surface area contributed by atoms with E-state index < -0.39 is 12.2 Å². The Morgan fingerprint density at radius 3 is 1.66 bits per heavy atom. The van der Waals surface area contributed by atoms with Gasteiger partial charge in [0.05, 0.1) is 32.5 Å². The molecule has 35 heavy (non-hydrogen) atoms. The molecule has 0 amide bonds. The number of carbonyl (C=O) groups excluding carboxylic acids is 1. The van der Waals surface area contributed by atoms with Crippen LogP contribution in [0.4, 0.5) is 0 Å². The summed E-state index contributed by atoms with van der Waals surface area (Å²) in [6.45, 7) is 3.20. The predicted molar refractivity (Wildman–Crippen MR) is 134 cm³/mol. The molecule has 5 heteroatoms. The summed E-state index contributed by atoms with van der Waals surface area (Å²) < 4.78 is 24.5. The summed E-state index contributed by atoms with van der Waals surface area (Å²) in [5.41, 5.74) is 3.22. The van der Waals surface area contributed by atoms with Crippen molar-refractivity contribution in [2.75, 3.05) is 6.61 Å². The molecule has 3 aromatic rings. The molecule has 0 saturated carbocycles. The summed E-state index contributed by atoms with van der Waals surface area (Å²) in [5.74, 6) is -0.413. The molecule has 0 unspecified atom stereocenters. The minimum atomic E-state index is -0.539. The van der Waals surface area contributed by atoms with Gasteiger partial charge in [0.15, 0.2) is 0 Å². The Morgan fingerprint density at radius 1 is 0.657 bits per heavy atom. The first-order valence-electron chi connectivity index (χ1n) is 12.0. The van der Waals surface area contributed by atoms with Crippen molar-refractivity contribution in [2.24, 2.45) is 5.92 Å². The largest absolute Gasteiger partial charge is 0.455 e. The first-order chi connectivity index (χ1) is 17.2. The van der Waals surface area contributed by atoms with E-state index in [1.54, 1.807) is 0 Å². The van der Waals surface area contributed by atoms with Gasteiger partial charge in [-0.1, -0.05) is 97.1 Å². The molecule has 0 spiro atoms. The van der Waals surface area contributed by atoms with Crippen LogP contribution < -0.4 is 0 Å². The second-order valence-corrected chi connectivity index (χ2v) is 8.65. The minimum Gasteiger partial charge on any atom is -0.455 e. The van der Waals surface area contributed by atoms with Crippen LogP contribution in [-0.2, 0) is 43.6 Å². The highest BCUT2D eigenvalue weighted by Gasteiger charge is 2.40. The third-order valence-corrected chi connectivity index (χ3v) is 5.91. The van der Waals surface area contributed by atoms with Gasteiger partial charge in [0.1, 0.15) is 12.2 Å². The van der Waals surface area contributed by atoms with Gasteiger partial charge in [-0.25, -0.2) is 0 Å². The van der Waals surface area contributed by atoms with Gasteiger partial charge in [-0.2, -0.15) is 0 Å². The lowest BCUT2D eigenvalue weighted by atomic mass is 9.88. The molecule has 3 aromatic carbocycles. The maximum absolute atomic E-state index is 11.9. The van der Waals surface area contributed by atoms with Crippen LogP contribution in [0.15, 0.2) is 103 Å². The van der Waals surface area contributed by atoms with E-state index in [2.05, 4.69) is 0 Å². The van der Waals surface area contributed by atoms with Crippen molar-refractivity contribution in [1.82, 2.24) is 0 Å². The van der Waals surface area contributed by atoms with E-state index in [1.807, 2.05) is 103 Å². The molecule has 0 fully saturated rings. The summed E-state index contributed by atoms with van der Waals surface area (Å²) in [4.78, 5) is 11.9. The van der Waals surface area contributed by atoms with Gasteiger partial charge in [0.25, 0.3) is 0 Å². The average molecular weight is 473 g/mol. The molecule has 182 valence electrons. The molecular weight excluding hydrogens is 440 g/mol. The third kappa shape index (κ3) is 7.62. The maximum atomic E-state index is 11.9. The lowest BCUT2D eigenvalue weighted by Gasteiger charge is -2.38. The Morgan fingerprint density at radius 2 is 1.14 bits per heavy atom. The third-order valence-electron chi connectivity index (χ3n) is 5.91. The van der Waals surface area contributed by atoms with Crippen molar-refractivity contribution >= 4 is 5.97 Å². The Kier molecular flexibility index (Phi) is 9.24. The predicted octanol–water partition coefficient (Wildman–Crippen LogP) is 5.49. The molecule has 5 nitrogen and oxygen atoms in total. The van der Waals surface area contributed by atoms with E-state index >= 15 is 0 Å². The molecule has 4 atom stereocenters. The highest BCUT2D eigenvalue weighted by atomic mass is 16.6. The zero-order chi connectivity index (χ0) is 24.3. The summed E-state index contributed by atoms with van der Waals surface area (Å²) in [6.07, 6.45) is 2.55. The second-order valence-electron chi connectivity index (χ2n) is 8.65. The number of hydrogen-bond donors (Lipinski definition) is 0. The van der Waals surface area contributed by atoms with Crippen LogP contribution in [0.25, 0.3) is 0 Å². The smallest absolute Gasteiger partial charge is 0.303 e. The van der Waals surface area contributed by atoms with Gasteiger partial charge in [-0.15, -0.1) is 0 Å². The van der Waals surface area contributed by atoms with Gasteiger partial charge in [-0.3, -0.25) is 4.79 Å². The van der Waals surface area contributed by atoms with Crippen molar-refractivity contribution in [3.05, 3.63) is 120 Å². The SMILES string of the molecule is CC(=O)O[C@@H]1C=C[C@H](COCc2ccccc2)[C@@H](OCc2ccccc2)[C@@H]1OCc1ccccc1. The first kappa shape index (κ1) is 24.9. The van der Waals surface area contributed by atoms with E-state index in [9.17, 15) is 4.79 Å². The fourth-order valence-corrected chi connectivity index (χ4v) is 4.18. The zero-order valence-electron chi connectivity index (χ0n) is 20.0. The molecule has 0 radical (unpaired) electrons. The van der Waals surface area contributed by atoms with Crippen LogP contribution in [0.2, 0.25) is 0 Å². The van der Waals surface area contributed by atoms with Crippen LogP contribution in [0.5, 0.6) is 0 Å². The molecule has 0 aromatic heterocycles. The lowest BCUT2D eigenvalue weighted by molar-refractivity contribution is -0.173. The zero-order valence-corrected chi connectivity index (χ0v) is 20.0. The number of benzene rings is 3. The van der Waals surface area contributed by atoms with Crippen molar-refractivity contribution < 1.29 is 23.7 Å². The van der Waals surface area contributed by atoms with Crippen LogP contribution in [0.3, 0.4) is 0 Å². The lowest BCUT2D eigenvalue weighted by Crippen LogP contribution is -2.49. The van der Waals surface area contributed by atoms with E-state index in [0.717, 1.165) is 16.7 Å². The number of rotatable bonds is 11. The Balaban J connectivity index is 1.51. The number of carbonyl (C=O) groups is 1. The van der Waals surface area contributed by atoms with Crippen molar-refractivity contribution in [1.29, 1.82) is 0 Å². The number of hydrogen-bond acceptors (Lipinski definition) is 5. The fourth-order valence-electron chi connectivity index (χ4n) is 4.18. The summed E-state index contributed by atoms with van der Waals surface area (Å²) in [6, 6.07) is 30.1. The quantitative estimate of drug-likeness (QED) is 0.273. The van der Waals surface area contributed by atoms with E-state index in [4.69, 9.17) is 18.9 Å². The van der Waals surface area contributed by atoms with Gasteiger partial charge in [-0.05, 0) is 22.8 Å². The van der Waals surface area contributed by atoms with E-state index in [-0.39, 0.29) is 18.0 Å². The van der Waals surface area contributed by atoms with Crippen molar-refractivity contribution in [2.45, 2.75) is 45.1 Å². The van der Waals surface area contributed by atoms with Crippen LogP contribution in [0, 0.1) is 5.92 Å². The van der Waals surface area contributed by atoms with Gasteiger partial charge >= 0.3 is 5.97 Å². The Bertz CT molecular complexity index is 1050.